The number of Topliss-reactive ketones (excluding diaryl/α,β-unsaturated/α-hetero) is 1. The summed E-state index contributed by atoms with van der Waals surface area (Å²) in [6, 6.07) is 5.91. The van der Waals surface area contributed by atoms with Gasteiger partial charge in [-0.05, 0) is 40.3 Å². The highest BCUT2D eigenvalue weighted by molar-refractivity contribution is 14.1. The van der Waals surface area contributed by atoms with Gasteiger partial charge in [-0.3, -0.25) is 4.79 Å². The van der Waals surface area contributed by atoms with E-state index in [0.717, 1.165) is 16.5 Å². The smallest absolute Gasteiger partial charge is 0.162 e. The molecule has 0 saturated carbocycles. The Morgan fingerprint density at radius 1 is 1.54 bits per heavy atom. The Balaban J connectivity index is 3.13. The second kappa shape index (κ2) is 5.10. The van der Waals surface area contributed by atoms with Crippen molar-refractivity contribution in [2.24, 2.45) is 0 Å². The Morgan fingerprint density at radius 2 is 2.23 bits per heavy atom. The van der Waals surface area contributed by atoms with Crippen LogP contribution in [0.5, 0.6) is 0 Å². The summed E-state index contributed by atoms with van der Waals surface area (Å²) in [6.45, 7) is 1.89. The number of ketones is 1. The molecule has 0 aliphatic heterocycles. The average Bonchev–Trinajstić information content (AvgIpc) is 2.16. The minimum Gasteiger partial charge on any atom is -0.294 e. The van der Waals surface area contributed by atoms with E-state index in [1.165, 1.54) is 3.57 Å². The molecule has 0 heterocycles. The van der Waals surface area contributed by atoms with E-state index in [9.17, 15) is 4.79 Å². The van der Waals surface area contributed by atoms with Crippen molar-refractivity contribution < 1.29 is 4.79 Å². The van der Waals surface area contributed by atoms with Gasteiger partial charge >= 0.3 is 0 Å². The highest BCUT2D eigenvalue weighted by atomic mass is 127. The first-order valence-electron chi connectivity index (χ1n) is 4.06. The summed E-state index contributed by atoms with van der Waals surface area (Å²) in [4.78, 5) is 11.5. The lowest BCUT2D eigenvalue weighted by Crippen LogP contribution is -2.01. The number of carbonyl (C=O) groups excluding carboxylic acids is 1. The Hall–Kier alpha value is 0.1000. The van der Waals surface area contributed by atoms with E-state index in [4.69, 9.17) is 0 Å². The number of carbonyl (C=O) groups is 1. The highest BCUT2D eigenvalue weighted by Crippen LogP contribution is 2.18. The van der Waals surface area contributed by atoms with E-state index in [0.29, 0.717) is 6.42 Å². The fourth-order valence-corrected chi connectivity index (χ4v) is 2.15. The number of hydrogen-bond donors (Lipinski definition) is 0. The van der Waals surface area contributed by atoms with Crippen molar-refractivity contribution >= 4 is 44.3 Å². The zero-order valence-corrected chi connectivity index (χ0v) is 11.1. The second-order valence-corrected chi connectivity index (χ2v) is 4.52. The van der Waals surface area contributed by atoms with Gasteiger partial charge in [0, 0.05) is 20.9 Å². The maximum absolute atomic E-state index is 11.5. The molecule has 70 valence electrons. The molecule has 0 aliphatic rings. The zero-order chi connectivity index (χ0) is 9.84. The van der Waals surface area contributed by atoms with Gasteiger partial charge in [0.15, 0.2) is 5.78 Å². The quantitative estimate of drug-likeness (QED) is 0.459. The SMILES string of the molecule is CCC(=O)c1ccc(I)cc1CBr. The summed E-state index contributed by atoms with van der Waals surface area (Å²) < 4.78 is 1.17. The molecule has 1 nitrogen and oxygen atoms in total. The number of alkyl halides is 1. The van der Waals surface area contributed by atoms with E-state index < -0.39 is 0 Å². The van der Waals surface area contributed by atoms with Crippen LogP contribution in [0.3, 0.4) is 0 Å². The number of rotatable bonds is 3. The molecular formula is C10H10BrIO. The summed E-state index contributed by atoms with van der Waals surface area (Å²) >= 11 is 5.63. The van der Waals surface area contributed by atoms with Crippen molar-refractivity contribution in [3.8, 4) is 0 Å². The van der Waals surface area contributed by atoms with Crippen LogP contribution >= 0.6 is 38.5 Å². The third-order valence-electron chi connectivity index (χ3n) is 1.83. The van der Waals surface area contributed by atoms with Crippen LogP contribution in [0.1, 0.15) is 29.3 Å². The van der Waals surface area contributed by atoms with E-state index in [-0.39, 0.29) is 5.78 Å². The van der Waals surface area contributed by atoms with E-state index in [2.05, 4.69) is 38.5 Å². The van der Waals surface area contributed by atoms with E-state index >= 15 is 0 Å². The molecule has 0 N–H and O–H groups in total. The molecule has 0 spiro atoms. The lowest BCUT2D eigenvalue weighted by atomic mass is 10.0. The Bertz CT molecular complexity index is 323. The van der Waals surface area contributed by atoms with Crippen LogP contribution < -0.4 is 0 Å². The maximum atomic E-state index is 11.5. The molecule has 0 bridgehead atoms. The Kier molecular flexibility index (Phi) is 4.38. The molecule has 0 atom stereocenters. The van der Waals surface area contributed by atoms with Crippen LogP contribution in [-0.4, -0.2) is 5.78 Å². The third-order valence-corrected chi connectivity index (χ3v) is 3.11. The molecule has 0 aromatic heterocycles. The molecule has 0 fully saturated rings. The average molecular weight is 353 g/mol. The molecule has 1 aromatic rings. The van der Waals surface area contributed by atoms with Crippen LogP contribution in [0.2, 0.25) is 0 Å². The van der Waals surface area contributed by atoms with Gasteiger partial charge < -0.3 is 0 Å². The van der Waals surface area contributed by atoms with Crippen LogP contribution in [0.15, 0.2) is 18.2 Å². The third kappa shape index (κ3) is 2.77. The summed E-state index contributed by atoms with van der Waals surface area (Å²) in [5.41, 5.74) is 1.93. The number of halogens is 2. The first-order valence-corrected chi connectivity index (χ1v) is 6.26. The van der Waals surface area contributed by atoms with Gasteiger partial charge in [-0.1, -0.05) is 28.9 Å². The van der Waals surface area contributed by atoms with E-state index in [1.54, 1.807) is 0 Å². The maximum Gasteiger partial charge on any atom is 0.162 e. The van der Waals surface area contributed by atoms with Gasteiger partial charge in [-0.15, -0.1) is 0 Å². The van der Waals surface area contributed by atoms with Crippen LogP contribution in [-0.2, 0) is 5.33 Å². The minimum atomic E-state index is 0.214. The second-order valence-electron chi connectivity index (χ2n) is 2.71. The monoisotopic (exact) mass is 352 g/mol. The first kappa shape index (κ1) is 11.2. The lowest BCUT2D eigenvalue weighted by Gasteiger charge is -2.04. The summed E-state index contributed by atoms with van der Waals surface area (Å²) in [7, 11) is 0. The molecule has 0 aliphatic carbocycles. The summed E-state index contributed by atoms with van der Waals surface area (Å²) in [6.07, 6.45) is 0.570. The molecule has 13 heavy (non-hydrogen) atoms. The molecule has 1 aromatic carbocycles. The van der Waals surface area contributed by atoms with Crippen LogP contribution in [0.25, 0.3) is 0 Å². The van der Waals surface area contributed by atoms with Crippen molar-refractivity contribution in [1.82, 2.24) is 0 Å². The predicted octanol–water partition coefficient (Wildman–Crippen LogP) is 3.78. The largest absolute Gasteiger partial charge is 0.294 e. The van der Waals surface area contributed by atoms with Gasteiger partial charge in [0.2, 0.25) is 0 Å². The zero-order valence-electron chi connectivity index (χ0n) is 7.31. The first-order chi connectivity index (χ1) is 6.19. The van der Waals surface area contributed by atoms with Crippen LogP contribution in [0, 0.1) is 3.57 Å². The van der Waals surface area contributed by atoms with Crippen molar-refractivity contribution in [1.29, 1.82) is 0 Å². The molecule has 0 amide bonds. The normalized spacial score (nSPS) is 10.1. The Morgan fingerprint density at radius 3 is 2.77 bits per heavy atom. The van der Waals surface area contributed by atoms with Crippen molar-refractivity contribution in [3.63, 3.8) is 0 Å². The minimum absolute atomic E-state index is 0.214. The molecule has 0 radical (unpaired) electrons. The van der Waals surface area contributed by atoms with Gasteiger partial charge in [0.25, 0.3) is 0 Å². The van der Waals surface area contributed by atoms with Crippen molar-refractivity contribution in [2.75, 3.05) is 0 Å². The van der Waals surface area contributed by atoms with Gasteiger partial charge in [0.05, 0.1) is 0 Å². The van der Waals surface area contributed by atoms with E-state index in [1.807, 2.05) is 25.1 Å². The van der Waals surface area contributed by atoms with Crippen molar-refractivity contribution in [3.05, 3.63) is 32.9 Å². The van der Waals surface area contributed by atoms with Gasteiger partial charge in [0.1, 0.15) is 0 Å². The number of hydrogen-bond acceptors (Lipinski definition) is 1. The standard InChI is InChI=1S/C10H10BrIO/c1-2-10(13)9-4-3-8(12)5-7(9)6-11/h3-5H,2,6H2,1H3. The summed E-state index contributed by atoms with van der Waals surface area (Å²) in [5, 5.41) is 0.741. The molecule has 1 rings (SSSR count). The fourth-order valence-electron chi connectivity index (χ4n) is 1.14. The van der Waals surface area contributed by atoms with Gasteiger partial charge in [-0.25, -0.2) is 0 Å². The molecule has 3 heteroatoms. The lowest BCUT2D eigenvalue weighted by molar-refractivity contribution is 0.0987. The Labute approximate surface area is 100 Å². The number of benzene rings is 1. The van der Waals surface area contributed by atoms with Crippen molar-refractivity contribution in [2.45, 2.75) is 18.7 Å². The highest BCUT2D eigenvalue weighted by Gasteiger charge is 2.08. The molecule has 0 saturated heterocycles. The fraction of sp³-hybridized carbons (Fsp3) is 0.300. The molecule has 0 unspecified atom stereocenters. The topological polar surface area (TPSA) is 17.1 Å². The van der Waals surface area contributed by atoms with Crippen LogP contribution in [0.4, 0.5) is 0 Å². The predicted molar refractivity (Wildman–Crippen MR) is 66.4 cm³/mol. The summed E-state index contributed by atoms with van der Waals surface area (Å²) in [5.74, 6) is 0.214. The van der Waals surface area contributed by atoms with Gasteiger partial charge in [-0.2, -0.15) is 0 Å². The molecular weight excluding hydrogens is 343 g/mol.